The van der Waals surface area contributed by atoms with Gasteiger partial charge in [0, 0.05) is 19.5 Å². The second-order valence-corrected chi connectivity index (χ2v) is 1.39. The third kappa shape index (κ3) is 55.4. The molecule has 0 aromatic heterocycles. The third-order valence-electron chi connectivity index (χ3n) is 0. The molecule has 0 N–H and O–H groups in total. The van der Waals surface area contributed by atoms with Crippen LogP contribution in [0, 0.1) is 12.8 Å². The van der Waals surface area contributed by atoms with Gasteiger partial charge in [0.2, 0.25) is 0 Å². The van der Waals surface area contributed by atoms with E-state index in [0.29, 0.717) is 5.92 Å². The Labute approximate surface area is 69.9 Å². The predicted octanol–water partition coefficient (Wildman–Crippen LogP) is 2.09. The van der Waals surface area contributed by atoms with Crippen LogP contribution in [0.1, 0.15) is 13.8 Å². The molecule has 36 valence electrons. The molecule has 0 aliphatic rings. The van der Waals surface area contributed by atoms with Gasteiger partial charge < -0.3 is 6.92 Å². The van der Waals surface area contributed by atoms with Crippen molar-refractivity contribution in [2.24, 2.45) is 5.92 Å². The smallest absolute Gasteiger partial charge is 0 e. The fraction of sp³-hybridized carbons (Fsp3) is 0.750. The quantitative estimate of drug-likeness (QED) is 0.351. The molecule has 0 rings (SSSR count). The summed E-state index contributed by atoms with van der Waals surface area (Å²) in [6, 6.07) is 0. The van der Waals surface area contributed by atoms with Crippen molar-refractivity contribution in [1.82, 2.24) is 0 Å². The molecule has 0 aromatic carbocycles. The maximum Gasteiger partial charge on any atom is 0 e. The maximum absolute atomic E-state index is 3.64. The van der Waals surface area contributed by atoms with Crippen LogP contribution in [0.5, 0.6) is 0 Å². The molecule has 0 fully saturated rings. The minimum atomic E-state index is 0. The van der Waals surface area contributed by atoms with Crippen LogP contribution in [-0.4, -0.2) is 0 Å². The van der Waals surface area contributed by atoms with Crippen LogP contribution < -0.4 is 0 Å². The van der Waals surface area contributed by atoms with Crippen molar-refractivity contribution in [2.45, 2.75) is 13.8 Å². The SMILES string of the molecule is I.[CH2-]C(C)C.[Zn]. The Kier molecular flexibility index (Phi) is 25.1. The molecule has 6 heavy (non-hydrogen) atoms. The third-order valence-corrected chi connectivity index (χ3v) is 0. The van der Waals surface area contributed by atoms with Gasteiger partial charge >= 0.3 is 0 Å². The van der Waals surface area contributed by atoms with Gasteiger partial charge in [-0.2, -0.15) is 5.92 Å². The normalized spacial score (nSPS) is 6.00. The molecule has 0 aliphatic carbocycles. The first-order valence-corrected chi connectivity index (χ1v) is 1.56. The minimum Gasteiger partial charge on any atom is -0.341 e. The van der Waals surface area contributed by atoms with Gasteiger partial charge in [-0.15, -0.1) is 24.0 Å². The first-order valence-electron chi connectivity index (χ1n) is 1.56. The van der Waals surface area contributed by atoms with Crippen LogP contribution in [-0.2, 0) is 19.5 Å². The molecular formula is C4H10IZn-. The van der Waals surface area contributed by atoms with Gasteiger partial charge in [0.05, 0.1) is 0 Å². The van der Waals surface area contributed by atoms with Crippen molar-refractivity contribution in [3.8, 4) is 0 Å². The zero-order valence-electron chi connectivity index (χ0n) is 4.40. The van der Waals surface area contributed by atoms with E-state index in [1.165, 1.54) is 0 Å². The molecule has 0 atom stereocenters. The van der Waals surface area contributed by atoms with Gasteiger partial charge in [-0.25, -0.2) is 0 Å². The summed E-state index contributed by atoms with van der Waals surface area (Å²) in [5, 5.41) is 0. The summed E-state index contributed by atoms with van der Waals surface area (Å²) < 4.78 is 0. The van der Waals surface area contributed by atoms with E-state index in [2.05, 4.69) is 20.8 Å². The van der Waals surface area contributed by atoms with E-state index in [-0.39, 0.29) is 43.5 Å². The molecule has 0 saturated carbocycles. The Morgan fingerprint density at radius 1 is 1.33 bits per heavy atom. The second-order valence-electron chi connectivity index (χ2n) is 1.39. The Balaban J connectivity index is -0.0000000450. The van der Waals surface area contributed by atoms with Gasteiger partial charge in [0.15, 0.2) is 0 Å². The van der Waals surface area contributed by atoms with Crippen molar-refractivity contribution in [2.75, 3.05) is 0 Å². The minimum absolute atomic E-state index is 0. The van der Waals surface area contributed by atoms with E-state index in [9.17, 15) is 0 Å². The van der Waals surface area contributed by atoms with Crippen LogP contribution in [0.2, 0.25) is 0 Å². The predicted molar refractivity (Wildman–Crippen MR) is 35.6 cm³/mol. The number of rotatable bonds is 0. The molecule has 0 aliphatic heterocycles. The summed E-state index contributed by atoms with van der Waals surface area (Å²) in [6.45, 7) is 7.75. The van der Waals surface area contributed by atoms with Gasteiger partial charge in [-0.3, -0.25) is 0 Å². The molecule has 0 amide bonds. The Morgan fingerprint density at radius 2 is 1.33 bits per heavy atom. The fourth-order valence-electron chi connectivity index (χ4n) is 0. The molecule has 0 heterocycles. The average molecular weight is 250 g/mol. The molecule has 0 bridgehead atoms. The van der Waals surface area contributed by atoms with E-state index < -0.39 is 0 Å². The van der Waals surface area contributed by atoms with E-state index in [1.807, 2.05) is 0 Å². The molecular weight excluding hydrogens is 240 g/mol. The molecule has 0 saturated heterocycles. The van der Waals surface area contributed by atoms with E-state index >= 15 is 0 Å². The monoisotopic (exact) mass is 249 g/mol. The Bertz CT molecular complexity index is 12.3. The summed E-state index contributed by atoms with van der Waals surface area (Å²) in [4.78, 5) is 0. The Morgan fingerprint density at radius 3 is 1.33 bits per heavy atom. The van der Waals surface area contributed by atoms with Crippen LogP contribution >= 0.6 is 24.0 Å². The molecule has 0 unspecified atom stereocenters. The molecule has 0 aromatic rings. The standard InChI is InChI=1S/C4H9.HI.Zn/c1-4(2)3;;/h4H,1H2,2-3H3;1H;/q-1;;. The van der Waals surface area contributed by atoms with E-state index in [4.69, 9.17) is 0 Å². The largest absolute Gasteiger partial charge is 0.341 e. The van der Waals surface area contributed by atoms with Crippen LogP contribution in [0.25, 0.3) is 0 Å². The zero-order valence-corrected chi connectivity index (χ0v) is 9.70. The van der Waals surface area contributed by atoms with Gasteiger partial charge in [0.25, 0.3) is 0 Å². The van der Waals surface area contributed by atoms with Crippen molar-refractivity contribution in [1.29, 1.82) is 0 Å². The summed E-state index contributed by atoms with van der Waals surface area (Å²) in [6.07, 6.45) is 0. The van der Waals surface area contributed by atoms with E-state index in [0.717, 1.165) is 0 Å². The number of hydrogen-bond donors (Lipinski definition) is 0. The van der Waals surface area contributed by atoms with Crippen LogP contribution in [0.4, 0.5) is 0 Å². The summed E-state index contributed by atoms with van der Waals surface area (Å²) >= 11 is 0. The van der Waals surface area contributed by atoms with Crippen LogP contribution in [0.3, 0.4) is 0 Å². The van der Waals surface area contributed by atoms with Crippen molar-refractivity contribution in [3.63, 3.8) is 0 Å². The maximum atomic E-state index is 3.64. The van der Waals surface area contributed by atoms with Crippen LogP contribution in [0.15, 0.2) is 0 Å². The fourth-order valence-corrected chi connectivity index (χ4v) is 0. The second kappa shape index (κ2) is 9.61. The van der Waals surface area contributed by atoms with Crippen molar-refractivity contribution < 1.29 is 19.5 Å². The topological polar surface area (TPSA) is 0 Å². The summed E-state index contributed by atoms with van der Waals surface area (Å²) in [5.41, 5.74) is 0. The van der Waals surface area contributed by atoms with Crippen molar-refractivity contribution >= 4 is 24.0 Å². The van der Waals surface area contributed by atoms with Crippen molar-refractivity contribution in [3.05, 3.63) is 6.92 Å². The van der Waals surface area contributed by atoms with E-state index in [1.54, 1.807) is 0 Å². The first-order chi connectivity index (χ1) is 1.73. The molecule has 2 heteroatoms. The Hall–Kier alpha value is 1.35. The number of hydrogen-bond acceptors (Lipinski definition) is 0. The molecule has 0 spiro atoms. The molecule has 0 radical (unpaired) electrons. The van der Waals surface area contributed by atoms with Gasteiger partial charge in [0.1, 0.15) is 0 Å². The molecule has 0 nitrogen and oxygen atoms in total. The summed E-state index contributed by atoms with van der Waals surface area (Å²) in [5.74, 6) is 0.583. The average Bonchev–Trinajstić information content (AvgIpc) is 0.811. The number of halogens is 1. The summed E-state index contributed by atoms with van der Waals surface area (Å²) in [7, 11) is 0. The van der Waals surface area contributed by atoms with Gasteiger partial charge in [-0.1, -0.05) is 13.8 Å². The first kappa shape index (κ1) is 15.7. The zero-order chi connectivity index (χ0) is 3.58. The van der Waals surface area contributed by atoms with Gasteiger partial charge in [-0.05, 0) is 0 Å².